The first kappa shape index (κ1) is 16.6. The van der Waals surface area contributed by atoms with Gasteiger partial charge in [0.1, 0.15) is 18.4 Å². The summed E-state index contributed by atoms with van der Waals surface area (Å²) in [5.74, 6) is 0.571. The number of benzene rings is 1. The lowest BCUT2D eigenvalue weighted by molar-refractivity contribution is -0.137. The number of ether oxygens (including phenoxy) is 2. The molecule has 0 radical (unpaired) electrons. The summed E-state index contributed by atoms with van der Waals surface area (Å²) in [5.41, 5.74) is 0.877. The van der Waals surface area contributed by atoms with Crippen LogP contribution in [0.3, 0.4) is 0 Å². The Kier molecular flexibility index (Phi) is 5.55. The fourth-order valence-corrected chi connectivity index (χ4v) is 2.66. The third-order valence-electron chi connectivity index (χ3n) is 3.42. The molecule has 0 unspecified atom stereocenters. The van der Waals surface area contributed by atoms with Gasteiger partial charge in [-0.3, -0.25) is 4.79 Å². The van der Waals surface area contributed by atoms with Crippen molar-refractivity contribution in [2.24, 2.45) is 5.10 Å². The van der Waals surface area contributed by atoms with Crippen molar-refractivity contribution in [3.63, 3.8) is 0 Å². The Balaban J connectivity index is 1.57. The summed E-state index contributed by atoms with van der Waals surface area (Å²) in [6.45, 7) is 2.39. The van der Waals surface area contributed by atoms with E-state index in [0.717, 1.165) is 10.0 Å². The van der Waals surface area contributed by atoms with Crippen LogP contribution in [0.5, 0.6) is 5.75 Å². The Bertz CT molecular complexity index is 714. The smallest absolute Gasteiger partial charge is 0.260 e. The van der Waals surface area contributed by atoms with Crippen molar-refractivity contribution in [2.45, 2.75) is 0 Å². The van der Waals surface area contributed by atoms with E-state index in [9.17, 15) is 4.79 Å². The molecule has 1 amide bonds. The zero-order valence-electron chi connectivity index (χ0n) is 12.8. The minimum atomic E-state index is -0.0385. The summed E-state index contributed by atoms with van der Waals surface area (Å²) in [6, 6.07) is 5.51. The molecule has 9 heteroatoms. The van der Waals surface area contributed by atoms with E-state index in [1.165, 1.54) is 17.3 Å². The van der Waals surface area contributed by atoms with Crippen LogP contribution < -0.4 is 4.74 Å². The van der Waals surface area contributed by atoms with Crippen LogP contribution in [0.25, 0.3) is 0 Å². The number of nitrogens with zero attached hydrogens (tertiary/aromatic N) is 5. The minimum absolute atomic E-state index is 0.00669. The molecule has 0 spiro atoms. The molecule has 1 fully saturated rings. The standard InChI is InChI=1S/C15H16BrN5O3/c16-13-7-12(8-19-21-10-17-18-11-21)1-2-14(13)24-9-15(22)20-3-5-23-6-4-20/h1-2,7-8,10-11H,3-6,9H2. The highest BCUT2D eigenvalue weighted by Crippen LogP contribution is 2.25. The third kappa shape index (κ3) is 4.39. The van der Waals surface area contributed by atoms with Crippen molar-refractivity contribution >= 4 is 28.1 Å². The first-order valence-corrected chi connectivity index (χ1v) is 8.18. The maximum absolute atomic E-state index is 12.1. The van der Waals surface area contributed by atoms with E-state index in [2.05, 4.69) is 31.2 Å². The van der Waals surface area contributed by atoms with Gasteiger partial charge in [-0.15, -0.1) is 10.2 Å². The lowest BCUT2D eigenvalue weighted by atomic mass is 10.2. The largest absolute Gasteiger partial charge is 0.483 e. The molecule has 8 nitrogen and oxygen atoms in total. The average Bonchev–Trinajstić information content (AvgIpc) is 3.13. The van der Waals surface area contributed by atoms with Crippen LogP contribution in [0.1, 0.15) is 5.56 Å². The van der Waals surface area contributed by atoms with E-state index in [1.54, 1.807) is 17.2 Å². The number of halogens is 1. The summed E-state index contributed by atoms with van der Waals surface area (Å²) in [6.07, 6.45) is 4.68. The Hall–Kier alpha value is -2.26. The minimum Gasteiger partial charge on any atom is -0.483 e. The van der Waals surface area contributed by atoms with Crippen LogP contribution >= 0.6 is 15.9 Å². The maximum Gasteiger partial charge on any atom is 0.260 e. The second-order valence-corrected chi connectivity index (χ2v) is 5.91. The molecule has 2 aromatic rings. The normalized spacial score (nSPS) is 15.0. The van der Waals surface area contributed by atoms with Gasteiger partial charge in [0, 0.05) is 13.1 Å². The fraction of sp³-hybridized carbons (Fsp3) is 0.333. The molecule has 2 heterocycles. The Morgan fingerprint density at radius 3 is 2.79 bits per heavy atom. The number of carbonyl (C=O) groups is 1. The van der Waals surface area contributed by atoms with Gasteiger partial charge in [0.2, 0.25) is 0 Å². The first-order valence-electron chi connectivity index (χ1n) is 7.39. The predicted octanol–water partition coefficient (Wildman–Crippen LogP) is 1.16. The maximum atomic E-state index is 12.1. The Morgan fingerprint density at radius 1 is 1.33 bits per heavy atom. The summed E-state index contributed by atoms with van der Waals surface area (Å²) in [5, 5.41) is 11.5. The van der Waals surface area contributed by atoms with Crippen LogP contribution in [0.15, 0.2) is 40.4 Å². The van der Waals surface area contributed by atoms with Gasteiger partial charge in [0.15, 0.2) is 6.61 Å². The van der Waals surface area contributed by atoms with Crippen LogP contribution in [0.2, 0.25) is 0 Å². The summed E-state index contributed by atoms with van der Waals surface area (Å²) >= 11 is 3.45. The van der Waals surface area contributed by atoms with Crippen LogP contribution in [0.4, 0.5) is 0 Å². The van der Waals surface area contributed by atoms with Crippen molar-refractivity contribution < 1.29 is 14.3 Å². The SMILES string of the molecule is O=C(COc1ccc(C=Nn2cnnc2)cc1Br)N1CCOCC1. The zero-order valence-corrected chi connectivity index (χ0v) is 14.4. The number of rotatable bonds is 5. The van der Waals surface area contributed by atoms with Crippen molar-refractivity contribution in [3.8, 4) is 5.75 Å². The number of hydrogen-bond donors (Lipinski definition) is 0. The van der Waals surface area contributed by atoms with Gasteiger partial charge in [-0.2, -0.15) is 5.10 Å². The molecule has 126 valence electrons. The number of aromatic nitrogens is 3. The molecule has 1 aromatic carbocycles. The highest BCUT2D eigenvalue weighted by molar-refractivity contribution is 9.10. The number of carbonyl (C=O) groups excluding carboxylic acids is 1. The Morgan fingerprint density at radius 2 is 2.08 bits per heavy atom. The topological polar surface area (TPSA) is 81.8 Å². The molecule has 0 atom stereocenters. The summed E-state index contributed by atoms with van der Waals surface area (Å²) in [4.78, 5) is 13.8. The third-order valence-corrected chi connectivity index (χ3v) is 4.04. The lowest BCUT2D eigenvalue weighted by Crippen LogP contribution is -2.43. The van der Waals surface area contributed by atoms with Gasteiger partial charge in [-0.05, 0) is 39.7 Å². The van der Waals surface area contributed by atoms with E-state index < -0.39 is 0 Å². The quantitative estimate of drug-likeness (QED) is 0.711. The lowest BCUT2D eigenvalue weighted by Gasteiger charge is -2.26. The van der Waals surface area contributed by atoms with Crippen LogP contribution in [0, 0.1) is 0 Å². The molecule has 0 saturated carbocycles. The first-order chi connectivity index (χ1) is 11.7. The van der Waals surface area contributed by atoms with Gasteiger partial charge in [0.25, 0.3) is 5.91 Å². The summed E-state index contributed by atoms with van der Waals surface area (Å²) < 4.78 is 13.1. The molecular weight excluding hydrogens is 378 g/mol. The van der Waals surface area contributed by atoms with Gasteiger partial charge in [-0.25, -0.2) is 4.68 Å². The summed E-state index contributed by atoms with van der Waals surface area (Å²) in [7, 11) is 0. The monoisotopic (exact) mass is 393 g/mol. The number of amides is 1. The zero-order chi connectivity index (χ0) is 16.8. The molecule has 0 N–H and O–H groups in total. The molecule has 1 aliphatic rings. The molecule has 24 heavy (non-hydrogen) atoms. The second-order valence-electron chi connectivity index (χ2n) is 5.06. The van der Waals surface area contributed by atoms with E-state index in [4.69, 9.17) is 9.47 Å². The van der Waals surface area contributed by atoms with Crippen molar-refractivity contribution in [2.75, 3.05) is 32.9 Å². The predicted molar refractivity (Wildman–Crippen MR) is 90.1 cm³/mol. The van der Waals surface area contributed by atoms with Crippen molar-refractivity contribution in [1.29, 1.82) is 0 Å². The van der Waals surface area contributed by atoms with Crippen LogP contribution in [-0.4, -0.2) is 64.8 Å². The number of morpholine rings is 1. The van der Waals surface area contributed by atoms with E-state index in [1.807, 2.05) is 12.1 Å². The van der Waals surface area contributed by atoms with E-state index in [-0.39, 0.29) is 12.5 Å². The molecule has 1 aliphatic heterocycles. The van der Waals surface area contributed by atoms with Gasteiger partial charge >= 0.3 is 0 Å². The highest BCUT2D eigenvalue weighted by atomic mass is 79.9. The Labute approximate surface area is 147 Å². The molecule has 1 saturated heterocycles. The fourth-order valence-electron chi connectivity index (χ4n) is 2.15. The molecule has 3 rings (SSSR count). The van der Waals surface area contributed by atoms with Gasteiger partial charge in [0.05, 0.1) is 23.9 Å². The highest BCUT2D eigenvalue weighted by Gasteiger charge is 2.17. The van der Waals surface area contributed by atoms with E-state index >= 15 is 0 Å². The van der Waals surface area contributed by atoms with Gasteiger partial charge in [-0.1, -0.05) is 0 Å². The molecule has 0 aliphatic carbocycles. The second kappa shape index (κ2) is 8.02. The van der Waals surface area contributed by atoms with Crippen molar-refractivity contribution in [1.82, 2.24) is 19.8 Å². The van der Waals surface area contributed by atoms with E-state index in [0.29, 0.717) is 32.1 Å². The average molecular weight is 394 g/mol. The molecular formula is C15H16BrN5O3. The molecule has 1 aromatic heterocycles. The van der Waals surface area contributed by atoms with Crippen LogP contribution in [-0.2, 0) is 9.53 Å². The number of hydrogen-bond acceptors (Lipinski definition) is 6. The van der Waals surface area contributed by atoms with Crippen molar-refractivity contribution in [3.05, 3.63) is 40.9 Å². The molecule has 0 bridgehead atoms. The van der Waals surface area contributed by atoms with Gasteiger partial charge < -0.3 is 14.4 Å².